The van der Waals surface area contributed by atoms with Crippen molar-refractivity contribution in [3.05, 3.63) is 30.1 Å². The number of hydrogen-bond donors (Lipinski definition) is 1. The summed E-state index contributed by atoms with van der Waals surface area (Å²) in [6.45, 7) is 0. The number of nitrogens with zero attached hydrogens (tertiary/aromatic N) is 2. The summed E-state index contributed by atoms with van der Waals surface area (Å²) in [6, 6.07) is 5.10. The fourth-order valence-electron chi connectivity index (χ4n) is 0.852. The lowest BCUT2D eigenvalue weighted by molar-refractivity contribution is -0.700. The molecule has 0 aliphatic heterocycles. The maximum absolute atomic E-state index is 8.34. The smallest absolute Gasteiger partial charge is 0.399 e. The predicted octanol–water partition coefficient (Wildman–Crippen LogP) is 2.07. The highest BCUT2D eigenvalue weighted by Crippen LogP contribution is 2.25. The van der Waals surface area contributed by atoms with E-state index in [1.54, 1.807) is 24.4 Å². The molecule has 6 heteroatoms. The minimum absolute atomic E-state index is 0.491. The molecule has 0 bridgehead atoms. The van der Waals surface area contributed by atoms with Gasteiger partial charge in [-0.05, 0) is 40.9 Å². The van der Waals surface area contributed by atoms with E-state index in [1.807, 2.05) is 0 Å². The number of aromatic nitrogens is 1. The molecule has 0 radical (unpaired) electrons. The van der Waals surface area contributed by atoms with Crippen LogP contribution in [0.25, 0.3) is 0 Å². The number of hydrogen-bond acceptors (Lipinski definition) is 2. The molecule has 0 atom stereocenters. The highest BCUT2D eigenvalue weighted by molar-refractivity contribution is 6.63. The molecule has 0 amide bonds. The molecule has 0 saturated carbocycles. The van der Waals surface area contributed by atoms with Crippen molar-refractivity contribution in [2.24, 2.45) is 5.16 Å². The molecule has 0 aliphatic carbocycles. The van der Waals surface area contributed by atoms with Gasteiger partial charge in [0.25, 0.3) is 0 Å². The van der Waals surface area contributed by atoms with E-state index in [0.717, 1.165) is 0 Å². The zero-order valence-electron chi connectivity index (χ0n) is 6.36. The van der Waals surface area contributed by atoms with Gasteiger partial charge in [-0.2, -0.15) is 0 Å². The van der Waals surface area contributed by atoms with Gasteiger partial charge in [-0.1, -0.05) is 5.16 Å². The van der Waals surface area contributed by atoms with Crippen LogP contribution in [-0.4, -0.2) is 11.4 Å². The molecular formula is C7H6Cl3N2O+. The van der Waals surface area contributed by atoms with Gasteiger partial charge in [-0.25, -0.2) is 0 Å². The Hall–Kier alpha value is -0.510. The quantitative estimate of drug-likeness (QED) is 0.263. The Morgan fingerprint density at radius 2 is 2.08 bits per heavy atom. The SMILES string of the molecule is ON=Cc1cccc[n+]1C(Cl)(Cl)Cl. The Balaban J connectivity index is 3.20. The van der Waals surface area contributed by atoms with Crippen molar-refractivity contribution in [3.8, 4) is 0 Å². The van der Waals surface area contributed by atoms with Crippen molar-refractivity contribution in [3.63, 3.8) is 0 Å². The Morgan fingerprint density at radius 1 is 1.38 bits per heavy atom. The molecule has 1 heterocycles. The zero-order chi connectivity index (χ0) is 9.90. The Labute approximate surface area is 90.1 Å². The van der Waals surface area contributed by atoms with Gasteiger partial charge < -0.3 is 5.21 Å². The average Bonchev–Trinajstić information content (AvgIpc) is 2.04. The van der Waals surface area contributed by atoms with Crippen LogP contribution in [0.15, 0.2) is 29.6 Å². The minimum atomic E-state index is -1.59. The van der Waals surface area contributed by atoms with Crippen LogP contribution in [0.5, 0.6) is 0 Å². The van der Waals surface area contributed by atoms with E-state index >= 15 is 0 Å². The molecule has 0 fully saturated rings. The van der Waals surface area contributed by atoms with Crippen LogP contribution in [0.2, 0.25) is 0 Å². The van der Waals surface area contributed by atoms with Gasteiger partial charge in [0.2, 0.25) is 5.69 Å². The molecule has 1 rings (SSSR count). The van der Waals surface area contributed by atoms with Crippen LogP contribution in [0.3, 0.4) is 0 Å². The van der Waals surface area contributed by atoms with Crippen LogP contribution < -0.4 is 4.57 Å². The second kappa shape index (κ2) is 4.13. The fraction of sp³-hybridized carbons (Fsp3) is 0.143. The minimum Gasteiger partial charge on any atom is -0.411 e. The third-order valence-corrected chi connectivity index (χ3v) is 1.90. The molecule has 70 valence electrons. The van der Waals surface area contributed by atoms with E-state index in [9.17, 15) is 0 Å². The van der Waals surface area contributed by atoms with E-state index in [-0.39, 0.29) is 0 Å². The van der Waals surface area contributed by atoms with Crippen LogP contribution >= 0.6 is 34.8 Å². The van der Waals surface area contributed by atoms with Gasteiger partial charge >= 0.3 is 3.92 Å². The van der Waals surface area contributed by atoms with E-state index in [4.69, 9.17) is 40.0 Å². The van der Waals surface area contributed by atoms with Crippen molar-refractivity contribution in [2.75, 3.05) is 0 Å². The monoisotopic (exact) mass is 239 g/mol. The highest BCUT2D eigenvalue weighted by atomic mass is 35.6. The number of rotatable bonds is 1. The second-order valence-corrected chi connectivity index (χ2v) is 4.43. The molecule has 0 spiro atoms. The summed E-state index contributed by atoms with van der Waals surface area (Å²) in [6.07, 6.45) is 2.76. The summed E-state index contributed by atoms with van der Waals surface area (Å²) in [5.41, 5.74) is 0.491. The van der Waals surface area contributed by atoms with Gasteiger partial charge in [-0.15, -0.1) is 4.57 Å². The molecular weight excluding hydrogens is 234 g/mol. The van der Waals surface area contributed by atoms with Gasteiger partial charge in [0.05, 0.1) is 0 Å². The first-order valence-corrected chi connectivity index (χ1v) is 4.44. The van der Waals surface area contributed by atoms with Crippen molar-refractivity contribution in [2.45, 2.75) is 3.92 Å². The molecule has 0 aliphatic rings. The van der Waals surface area contributed by atoms with E-state index in [1.165, 1.54) is 10.8 Å². The Morgan fingerprint density at radius 3 is 2.62 bits per heavy atom. The average molecular weight is 240 g/mol. The molecule has 0 saturated heterocycles. The topological polar surface area (TPSA) is 36.5 Å². The number of halogens is 3. The fourth-order valence-corrected chi connectivity index (χ4v) is 1.31. The van der Waals surface area contributed by atoms with Crippen LogP contribution in [0, 0.1) is 0 Å². The maximum Gasteiger partial charge on any atom is 0.399 e. The van der Waals surface area contributed by atoms with Gasteiger partial charge in [0, 0.05) is 12.1 Å². The van der Waals surface area contributed by atoms with E-state index in [0.29, 0.717) is 5.69 Å². The van der Waals surface area contributed by atoms with Crippen LogP contribution in [-0.2, 0) is 3.92 Å². The molecule has 0 aromatic carbocycles. The van der Waals surface area contributed by atoms with Crippen molar-refractivity contribution in [1.29, 1.82) is 0 Å². The van der Waals surface area contributed by atoms with Crippen molar-refractivity contribution >= 4 is 41.0 Å². The van der Waals surface area contributed by atoms with E-state index < -0.39 is 3.92 Å². The molecule has 1 aromatic rings. The van der Waals surface area contributed by atoms with Gasteiger partial charge in [0.15, 0.2) is 6.20 Å². The second-order valence-electron chi connectivity index (χ2n) is 2.21. The molecule has 3 nitrogen and oxygen atoms in total. The summed E-state index contributed by atoms with van der Waals surface area (Å²) >= 11 is 16.9. The summed E-state index contributed by atoms with van der Waals surface area (Å²) in [4.78, 5) is 0. The van der Waals surface area contributed by atoms with Crippen molar-refractivity contribution < 1.29 is 9.77 Å². The molecule has 0 unspecified atom stereocenters. The third-order valence-electron chi connectivity index (χ3n) is 1.35. The first-order chi connectivity index (χ1) is 6.05. The van der Waals surface area contributed by atoms with Gasteiger partial charge in [-0.3, -0.25) is 0 Å². The Kier molecular flexibility index (Phi) is 3.36. The van der Waals surface area contributed by atoms with E-state index in [2.05, 4.69) is 5.16 Å². The van der Waals surface area contributed by atoms with Crippen molar-refractivity contribution in [1.82, 2.24) is 0 Å². The summed E-state index contributed by atoms with van der Waals surface area (Å²) in [5.74, 6) is 0. The highest BCUT2D eigenvalue weighted by Gasteiger charge is 2.33. The Bertz CT molecular complexity index is 322. The molecule has 1 N–H and O–H groups in total. The first kappa shape index (κ1) is 10.6. The third kappa shape index (κ3) is 2.72. The number of alkyl halides is 3. The lowest BCUT2D eigenvalue weighted by Crippen LogP contribution is -2.48. The largest absolute Gasteiger partial charge is 0.411 e. The standard InChI is InChI=1S/C7H5Cl3N2O/c8-7(9,10)12-4-2-1-3-6(12)5-11-13/h1-5H/p+1. The lowest BCUT2D eigenvalue weighted by atomic mass is 10.3. The predicted molar refractivity (Wildman–Crippen MR) is 51.6 cm³/mol. The summed E-state index contributed by atoms with van der Waals surface area (Å²) in [7, 11) is 0. The van der Waals surface area contributed by atoms with Crippen LogP contribution in [0.4, 0.5) is 0 Å². The first-order valence-electron chi connectivity index (χ1n) is 3.31. The molecule has 13 heavy (non-hydrogen) atoms. The number of oxime groups is 1. The summed E-state index contributed by atoms with van der Waals surface area (Å²) < 4.78 is -0.241. The zero-order valence-corrected chi connectivity index (χ0v) is 8.63. The lowest BCUT2D eigenvalue weighted by Gasteiger charge is -2.06. The number of pyridine rings is 1. The van der Waals surface area contributed by atoms with Gasteiger partial charge in [0.1, 0.15) is 6.21 Å². The maximum atomic E-state index is 8.34. The normalized spacial score (nSPS) is 12.2. The molecule has 1 aromatic heterocycles. The summed E-state index contributed by atoms with van der Waals surface area (Å²) in [5, 5.41) is 11.2. The van der Waals surface area contributed by atoms with Crippen LogP contribution in [0.1, 0.15) is 5.69 Å².